The molecule has 1 aliphatic rings. The predicted octanol–water partition coefficient (Wildman–Crippen LogP) is 6.10. The standard InChI is InChI=1S/C32H31N5O2/c1-22-10-7-12-25(18-22)30-29-16-9-17-35(29)31-28(23(2)34-37(31)26-13-5-4-6-14-26)21-36(30)32(38)33-20-24-11-8-15-27(19-24)39-3/h4-19,30H,20-21H2,1-3H3,(H,33,38)/t30-/m1/s1. The van der Waals surface area contributed by atoms with Crippen molar-refractivity contribution >= 4 is 6.03 Å². The van der Waals surface area contributed by atoms with Crippen LogP contribution in [0.2, 0.25) is 0 Å². The molecule has 1 N–H and O–H groups in total. The Labute approximate surface area is 228 Å². The van der Waals surface area contributed by atoms with Gasteiger partial charge in [0.25, 0.3) is 0 Å². The number of nitrogens with one attached hydrogen (secondary N) is 1. The normalized spacial score (nSPS) is 14.3. The molecular formula is C32H31N5O2. The number of ether oxygens (including phenoxy) is 1. The van der Waals surface area contributed by atoms with Crippen molar-refractivity contribution in [2.45, 2.75) is 33.0 Å². The zero-order valence-corrected chi connectivity index (χ0v) is 22.3. The molecule has 0 radical (unpaired) electrons. The van der Waals surface area contributed by atoms with Gasteiger partial charge in [0.2, 0.25) is 0 Å². The summed E-state index contributed by atoms with van der Waals surface area (Å²) in [5, 5.41) is 8.09. The third-order valence-corrected chi connectivity index (χ3v) is 7.28. The van der Waals surface area contributed by atoms with E-state index in [0.717, 1.165) is 50.9 Å². The molecule has 2 amide bonds. The Hall–Kier alpha value is -4.78. The Morgan fingerprint density at radius 2 is 1.79 bits per heavy atom. The van der Waals surface area contributed by atoms with Crippen LogP contribution in [0.25, 0.3) is 11.5 Å². The first kappa shape index (κ1) is 24.6. The van der Waals surface area contributed by atoms with Crippen LogP contribution >= 0.6 is 0 Å². The second-order valence-electron chi connectivity index (χ2n) is 9.89. The topological polar surface area (TPSA) is 64.3 Å². The van der Waals surface area contributed by atoms with Gasteiger partial charge < -0.3 is 19.5 Å². The van der Waals surface area contributed by atoms with Crippen LogP contribution in [0.5, 0.6) is 5.75 Å². The number of benzene rings is 3. The summed E-state index contributed by atoms with van der Waals surface area (Å²) in [6, 6.07) is 30.0. The van der Waals surface area contributed by atoms with Crippen LogP contribution in [0.3, 0.4) is 0 Å². The van der Waals surface area contributed by atoms with Crippen molar-refractivity contribution in [2.75, 3.05) is 7.11 Å². The van der Waals surface area contributed by atoms with Crippen molar-refractivity contribution < 1.29 is 9.53 Å². The van der Waals surface area contributed by atoms with E-state index in [1.807, 2.05) is 65.0 Å². The zero-order chi connectivity index (χ0) is 26.9. The molecule has 196 valence electrons. The van der Waals surface area contributed by atoms with Gasteiger partial charge in [-0.1, -0.05) is 60.2 Å². The number of carbonyl (C=O) groups is 1. The van der Waals surface area contributed by atoms with E-state index < -0.39 is 0 Å². The number of carbonyl (C=O) groups excluding carboxylic acids is 1. The number of fused-ring (bicyclic) bond motifs is 3. The molecule has 3 aromatic carbocycles. The average molecular weight is 518 g/mol. The SMILES string of the molecule is COc1cccc(CNC(=O)N2Cc3c(C)nn(-c4ccccc4)c3-n3cccc3[C@H]2c2cccc(C)c2)c1. The number of urea groups is 1. The Morgan fingerprint density at radius 3 is 2.59 bits per heavy atom. The Kier molecular flexibility index (Phi) is 6.40. The maximum atomic E-state index is 14.0. The van der Waals surface area contributed by atoms with E-state index in [1.165, 1.54) is 0 Å². The van der Waals surface area contributed by atoms with E-state index in [2.05, 4.69) is 65.5 Å². The molecule has 39 heavy (non-hydrogen) atoms. The van der Waals surface area contributed by atoms with Crippen molar-refractivity contribution in [3.8, 4) is 17.3 Å². The smallest absolute Gasteiger partial charge is 0.318 e. The fourth-order valence-corrected chi connectivity index (χ4v) is 5.40. The first-order valence-electron chi connectivity index (χ1n) is 13.1. The van der Waals surface area contributed by atoms with Gasteiger partial charge in [0.05, 0.1) is 36.8 Å². The lowest BCUT2D eigenvalue weighted by Crippen LogP contribution is -2.41. The molecule has 7 heteroatoms. The number of nitrogens with zero attached hydrogens (tertiary/aromatic N) is 4. The third-order valence-electron chi connectivity index (χ3n) is 7.28. The van der Waals surface area contributed by atoms with Gasteiger partial charge in [-0.2, -0.15) is 5.10 Å². The van der Waals surface area contributed by atoms with Gasteiger partial charge in [-0.3, -0.25) is 0 Å². The summed E-state index contributed by atoms with van der Waals surface area (Å²) in [7, 11) is 1.64. The molecule has 1 atom stereocenters. The second kappa shape index (κ2) is 10.2. The largest absolute Gasteiger partial charge is 0.497 e. The second-order valence-corrected chi connectivity index (χ2v) is 9.89. The van der Waals surface area contributed by atoms with Crippen LogP contribution in [0.4, 0.5) is 4.79 Å². The number of para-hydroxylation sites is 1. The lowest BCUT2D eigenvalue weighted by atomic mass is 10.00. The number of hydrogen-bond donors (Lipinski definition) is 1. The van der Waals surface area contributed by atoms with Gasteiger partial charge in [-0.25, -0.2) is 9.48 Å². The summed E-state index contributed by atoms with van der Waals surface area (Å²) in [6.07, 6.45) is 2.06. The van der Waals surface area contributed by atoms with Crippen molar-refractivity contribution in [3.63, 3.8) is 0 Å². The maximum Gasteiger partial charge on any atom is 0.318 e. The number of methoxy groups -OCH3 is 1. The highest BCUT2D eigenvalue weighted by Crippen LogP contribution is 2.38. The molecule has 0 fully saturated rings. The monoisotopic (exact) mass is 517 g/mol. The van der Waals surface area contributed by atoms with E-state index in [9.17, 15) is 4.79 Å². The molecule has 2 aromatic heterocycles. The fraction of sp³-hybridized carbons (Fsp3) is 0.188. The third kappa shape index (κ3) is 4.56. The van der Waals surface area contributed by atoms with E-state index >= 15 is 0 Å². The van der Waals surface area contributed by atoms with Gasteiger partial charge in [0.15, 0.2) is 0 Å². The quantitative estimate of drug-likeness (QED) is 0.306. The molecule has 3 heterocycles. The average Bonchev–Trinajstić information content (AvgIpc) is 3.52. The van der Waals surface area contributed by atoms with Crippen molar-refractivity contribution in [2.24, 2.45) is 0 Å². The summed E-state index contributed by atoms with van der Waals surface area (Å²) in [4.78, 5) is 16.0. The van der Waals surface area contributed by atoms with E-state index in [-0.39, 0.29) is 12.1 Å². The number of rotatable bonds is 5. The number of amides is 2. The Bertz CT molecular complexity index is 1640. The van der Waals surface area contributed by atoms with E-state index in [1.54, 1.807) is 7.11 Å². The summed E-state index contributed by atoms with van der Waals surface area (Å²) >= 11 is 0. The minimum Gasteiger partial charge on any atom is -0.497 e. The molecule has 0 spiro atoms. The fourth-order valence-electron chi connectivity index (χ4n) is 5.40. The van der Waals surface area contributed by atoms with Crippen LogP contribution in [-0.4, -0.2) is 32.4 Å². The van der Waals surface area contributed by atoms with E-state index in [0.29, 0.717) is 13.1 Å². The summed E-state index contributed by atoms with van der Waals surface area (Å²) in [6.45, 7) is 4.90. The van der Waals surface area contributed by atoms with Crippen LogP contribution in [0.1, 0.15) is 39.7 Å². The van der Waals surface area contributed by atoms with Gasteiger partial charge in [-0.05, 0) is 61.4 Å². The Morgan fingerprint density at radius 1 is 0.974 bits per heavy atom. The lowest BCUT2D eigenvalue weighted by molar-refractivity contribution is 0.180. The highest BCUT2D eigenvalue weighted by molar-refractivity contribution is 5.76. The van der Waals surface area contributed by atoms with Gasteiger partial charge in [-0.15, -0.1) is 0 Å². The van der Waals surface area contributed by atoms with Crippen LogP contribution in [0.15, 0.2) is 97.2 Å². The molecule has 7 nitrogen and oxygen atoms in total. The minimum atomic E-state index is -0.291. The molecule has 0 saturated heterocycles. The first-order valence-corrected chi connectivity index (χ1v) is 13.1. The maximum absolute atomic E-state index is 14.0. The van der Waals surface area contributed by atoms with Gasteiger partial charge in [0.1, 0.15) is 11.6 Å². The summed E-state index contributed by atoms with van der Waals surface area (Å²) in [5.74, 6) is 1.72. The highest BCUT2D eigenvalue weighted by Gasteiger charge is 2.36. The molecule has 6 rings (SSSR count). The number of hydrogen-bond acceptors (Lipinski definition) is 3. The predicted molar refractivity (Wildman–Crippen MR) is 151 cm³/mol. The van der Waals surface area contributed by atoms with Crippen molar-refractivity contribution in [1.29, 1.82) is 0 Å². The molecule has 0 unspecified atom stereocenters. The van der Waals surface area contributed by atoms with Crippen molar-refractivity contribution in [3.05, 3.63) is 131 Å². The molecule has 5 aromatic rings. The zero-order valence-electron chi connectivity index (χ0n) is 22.3. The number of aromatic nitrogens is 3. The van der Waals surface area contributed by atoms with E-state index in [4.69, 9.17) is 9.84 Å². The van der Waals surface area contributed by atoms with Gasteiger partial charge in [0, 0.05) is 18.3 Å². The Balaban J connectivity index is 1.46. The number of aryl methyl sites for hydroxylation is 2. The molecule has 0 bridgehead atoms. The van der Waals surface area contributed by atoms with Crippen LogP contribution in [-0.2, 0) is 13.1 Å². The minimum absolute atomic E-state index is 0.142. The molecular weight excluding hydrogens is 486 g/mol. The van der Waals surface area contributed by atoms with Gasteiger partial charge >= 0.3 is 6.03 Å². The van der Waals surface area contributed by atoms with Crippen molar-refractivity contribution in [1.82, 2.24) is 24.6 Å². The first-order chi connectivity index (χ1) is 19.0. The summed E-state index contributed by atoms with van der Waals surface area (Å²) < 4.78 is 9.54. The molecule has 1 aliphatic heterocycles. The molecule has 0 aliphatic carbocycles. The highest BCUT2D eigenvalue weighted by atomic mass is 16.5. The summed E-state index contributed by atoms with van der Waals surface area (Å²) in [5.41, 5.74) is 7.08. The van der Waals surface area contributed by atoms with Crippen LogP contribution < -0.4 is 10.1 Å². The van der Waals surface area contributed by atoms with Crippen LogP contribution in [0, 0.1) is 13.8 Å². The lowest BCUT2D eigenvalue weighted by Gasteiger charge is -2.31. The molecule has 0 saturated carbocycles.